The number of anilines is 2. The molecule has 1 heterocycles. The van der Waals surface area contributed by atoms with Crippen molar-refractivity contribution in [1.82, 2.24) is 4.90 Å². The van der Waals surface area contributed by atoms with Gasteiger partial charge < -0.3 is 15.1 Å². The smallest absolute Gasteiger partial charge is 0.321 e. The molecule has 1 saturated heterocycles. The van der Waals surface area contributed by atoms with E-state index in [0.29, 0.717) is 0 Å². The van der Waals surface area contributed by atoms with Gasteiger partial charge in [0, 0.05) is 37.6 Å². The third kappa shape index (κ3) is 3.95. The molecule has 0 aromatic heterocycles. The van der Waals surface area contributed by atoms with Crippen molar-refractivity contribution in [2.75, 3.05) is 36.4 Å². The summed E-state index contributed by atoms with van der Waals surface area (Å²) in [6.45, 7) is 11.5. The summed E-state index contributed by atoms with van der Waals surface area (Å²) in [5.41, 5.74) is 7.02. The van der Waals surface area contributed by atoms with Crippen LogP contribution < -0.4 is 10.2 Å². The SMILES string of the molecule is Cc1ccc(C)c(NC(=O)N2CCN(c3ccc(C)c(C)c3)CC2)c1. The van der Waals surface area contributed by atoms with Crippen LogP contribution in [0.1, 0.15) is 22.3 Å². The zero-order valence-electron chi connectivity index (χ0n) is 15.6. The minimum Gasteiger partial charge on any atom is -0.368 e. The molecule has 0 radical (unpaired) electrons. The summed E-state index contributed by atoms with van der Waals surface area (Å²) in [4.78, 5) is 16.8. The minimum absolute atomic E-state index is 0.00608. The maximum atomic E-state index is 12.6. The quantitative estimate of drug-likeness (QED) is 0.888. The number of piperazine rings is 1. The van der Waals surface area contributed by atoms with E-state index in [-0.39, 0.29) is 6.03 Å². The van der Waals surface area contributed by atoms with Crippen molar-refractivity contribution in [1.29, 1.82) is 0 Å². The van der Waals surface area contributed by atoms with Gasteiger partial charge in [0.2, 0.25) is 0 Å². The van der Waals surface area contributed by atoms with Gasteiger partial charge in [0.25, 0.3) is 0 Å². The number of hydrogen-bond acceptors (Lipinski definition) is 2. The van der Waals surface area contributed by atoms with Gasteiger partial charge in [-0.15, -0.1) is 0 Å². The van der Waals surface area contributed by atoms with E-state index in [0.717, 1.165) is 43.0 Å². The van der Waals surface area contributed by atoms with Crippen LogP contribution in [0.5, 0.6) is 0 Å². The molecule has 1 aliphatic heterocycles. The molecule has 4 nitrogen and oxygen atoms in total. The highest BCUT2D eigenvalue weighted by Crippen LogP contribution is 2.21. The average molecular weight is 337 g/mol. The van der Waals surface area contributed by atoms with Gasteiger partial charge in [-0.05, 0) is 68.1 Å². The first-order valence-electron chi connectivity index (χ1n) is 8.89. The van der Waals surface area contributed by atoms with Gasteiger partial charge in [-0.1, -0.05) is 18.2 Å². The lowest BCUT2D eigenvalue weighted by molar-refractivity contribution is 0.208. The number of hydrogen-bond donors (Lipinski definition) is 1. The van der Waals surface area contributed by atoms with Crippen LogP contribution in [0, 0.1) is 27.7 Å². The fourth-order valence-electron chi connectivity index (χ4n) is 3.15. The first-order valence-corrected chi connectivity index (χ1v) is 8.89. The van der Waals surface area contributed by atoms with Crippen LogP contribution >= 0.6 is 0 Å². The Morgan fingerprint density at radius 1 is 0.840 bits per heavy atom. The molecule has 1 fully saturated rings. The van der Waals surface area contributed by atoms with Crippen molar-refractivity contribution in [2.45, 2.75) is 27.7 Å². The van der Waals surface area contributed by atoms with Gasteiger partial charge >= 0.3 is 6.03 Å². The molecule has 25 heavy (non-hydrogen) atoms. The van der Waals surface area contributed by atoms with E-state index in [4.69, 9.17) is 0 Å². The Bertz CT molecular complexity index is 777. The number of urea groups is 1. The highest BCUT2D eigenvalue weighted by Gasteiger charge is 2.21. The molecule has 0 aliphatic carbocycles. The third-order valence-electron chi connectivity index (χ3n) is 5.06. The normalized spacial score (nSPS) is 14.6. The minimum atomic E-state index is -0.00608. The summed E-state index contributed by atoms with van der Waals surface area (Å²) in [7, 11) is 0. The summed E-state index contributed by atoms with van der Waals surface area (Å²) in [6.07, 6.45) is 0. The molecule has 2 aromatic rings. The van der Waals surface area contributed by atoms with Gasteiger partial charge in [0.1, 0.15) is 0 Å². The number of nitrogens with one attached hydrogen (secondary N) is 1. The largest absolute Gasteiger partial charge is 0.368 e. The average Bonchev–Trinajstić information content (AvgIpc) is 2.60. The Kier molecular flexibility index (Phi) is 4.98. The fourth-order valence-corrected chi connectivity index (χ4v) is 3.15. The van der Waals surface area contributed by atoms with E-state index in [9.17, 15) is 4.79 Å². The molecule has 2 amide bonds. The number of benzene rings is 2. The van der Waals surface area contributed by atoms with Crippen LogP contribution in [0.2, 0.25) is 0 Å². The summed E-state index contributed by atoms with van der Waals surface area (Å²) in [6, 6.07) is 12.7. The predicted molar refractivity (Wildman–Crippen MR) is 105 cm³/mol. The molecule has 2 aromatic carbocycles. The van der Waals surface area contributed by atoms with E-state index in [1.54, 1.807) is 0 Å². The second-order valence-corrected chi connectivity index (χ2v) is 6.99. The van der Waals surface area contributed by atoms with Crippen molar-refractivity contribution in [3.05, 3.63) is 58.7 Å². The molecular weight excluding hydrogens is 310 g/mol. The molecule has 0 spiro atoms. The Hall–Kier alpha value is -2.49. The number of nitrogens with zero attached hydrogens (tertiary/aromatic N) is 2. The summed E-state index contributed by atoms with van der Waals surface area (Å²) < 4.78 is 0. The van der Waals surface area contributed by atoms with Crippen LogP contribution in [0.15, 0.2) is 36.4 Å². The van der Waals surface area contributed by atoms with Crippen molar-refractivity contribution in [2.24, 2.45) is 0 Å². The van der Waals surface area contributed by atoms with Crippen LogP contribution in [-0.2, 0) is 0 Å². The highest BCUT2D eigenvalue weighted by atomic mass is 16.2. The van der Waals surface area contributed by atoms with Gasteiger partial charge in [0.05, 0.1) is 0 Å². The fraction of sp³-hybridized carbons (Fsp3) is 0.381. The van der Waals surface area contributed by atoms with Gasteiger partial charge in [-0.25, -0.2) is 4.79 Å². The van der Waals surface area contributed by atoms with E-state index < -0.39 is 0 Å². The molecule has 0 unspecified atom stereocenters. The number of amides is 2. The maximum Gasteiger partial charge on any atom is 0.321 e. The van der Waals surface area contributed by atoms with Gasteiger partial charge in [0.15, 0.2) is 0 Å². The molecule has 4 heteroatoms. The highest BCUT2D eigenvalue weighted by molar-refractivity contribution is 5.90. The van der Waals surface area contributed by atoms with Gasteiger partial charge in [-0.3, -0.25) is 0 Å². The molecule has 132 valence electrons. The van der Waals surface area contributed by atoms with E-state index in [2.05, 4.69) is 48.3 Å². The van der Waals surface area contributed by atoms with E-state index >= 15 is 0 Å². The number of rotatable bonds is 2. The number of carbonyl (C=O) groups excluding carboxylic acids is 1. The van der Waals surface area contributed by atoms with Crippen molar-refractivity contribution < 1.29 is 4.79 Å². The monoisotopic (exact) mass is 337 g/mol. The Morgan fingerprint density at radius 3 is 2.20 bits per heavy atom. The lowest BCUT2D eigenvalue weighted by atomic mass is 10.1. The standard InChI is InChI=1S/C21H27N3O/c1-15-5-6-17(3)20(13-15)22-21(25)24-11-9-23(10-12-24)19-8-7-16(2)18(4)14-19/h5-8,13-14H,9-12H2,1-4H3,(H,22,25). The molecule has 1 aliphatic rings. The Labute approximate surface area is 150 Å². The van der Waals surface area contributed by atoms with E-state index in [1.807, 2.05) is 30.9 Å². The maximum absolute atomic E-state index is 12.6. The number of aryl methyl sites for hydroxylation is 4. The van der Waals surface area contributed by atoms with Crippen molar-refractivity contribution in [3.63, 3.8) is 0 Å². The summed E-state index contributed by atoms with van der Waals surface area (Å²) in [5, 5.41) is 3.06. The first-order chi connectivity index (χ1) is 11.9. The van der Waals surface area contributed by atoms with Gasteiger partial charge in [-0.2, -0.15) is 0 Å². The molecule has 3 rings (SSSR count). The first kappa shape index (κ1) is 17.3. The molecule has 0 bridgehead atoms. The summed E-state index contributed by atoms with van der Waals surface area (Å²) >= 11 is 0. The molecule has 0 saturated carbocycles. The van der Waals surface area contributed by atoms with Crippen LogP contribution in [0.3, 0.4) is 0 Å². The van der Waals surface area contributed by atoms with E-state index in [1.165, 1.54) is 16.8 Å². The van der Waals surface area contributed by atoms with Crippen LogP contribution in [0.4, 0.5) is 16.2 Å². The predicted octanol–water partition coefficient (Wildman–Crippen LogP) is 4.27. The molecular formula is C21H27N3O. The number of carbonyl (C=O) groups is 1. The molecule has 0 atom stereocenters. The lowest BCUT2D eigenvalue weighted by Crippen LogP contribution is -2.50. The van der Waals surface area contributed by atoms with Crippen LogP contribution in [-0.4, -0.2) is 37.1 Å². The second-order valence-electron chi connectivity index (χ2n) is 6.99. The summed E-state index contributed by atoms with van der Waals surface area (Å²) in [5.74, 6) is 0. The zero-order chi connectivity index (χ0) is 18.0. The Morgan fingerprint density at radius 2 is 1.52 bits per heavy atom. The molecule has 1 N–H and O–H groups in total. The lowest BCUT2D eigenvalue weighted by Gasteiger charge is -2.36. The van der Waals surface area contributed by atoms with Crippen molar-refractivity contribution >= 4 is 17.4 Å². The van der Waals surface area contributed by atoms with Crippen LogP contribution in [0.25, 0.3) is 0 Å². The second kappa shape index (κ2) is 7.18. The van der Waals surface area contributed by atoms with Crippen molar-refractivity contribution in [3.8, 4) is 0 Å². The third-order valence-corrected chi connectivity index (χ3v) is 5.06. The zero-order valence-corrected chi connectivity index (χ0v) is 15.6. The topological polar surface area (TPSA) is 35.6 Å². The Balaban J connectivity index is 1.60.